The molecule has 0 atom stereocenters. The van der Waals surface area contributed by atoms with Crippen LogP contribution in [-0.2, 0) is 6.61 Å². The minimum Gasteiger partial charge on any atom is -0.484 e. The van der Waals surface area contributed by atoms with Gasteiger partial charge in [-0.15, -0.1) is 0 Å². The van der Waals surface area contributed by atoms with E-state index in [0.29, 0.717) is 27.4 Å². The van der Waals surface area contributed by atoms with Crippen LogP contribution in [0.1, 0.15) is 16.3 Å². The number of ether oxygens (including phenoxy) is 1. The highest BCUT2D eigenvalue weighted by molar-refractivity contribution is 6.42. The highest BCUT2D eigenvalue weighted by Crippen LogP contribution is 2.32. The van der Waals surface area contributed by atoms with Crippen molar-refractivity contribution in [3.05, 3.63) is 64.2 Å². The number of carbonyl (C=O) groups excluding carboxylic acids is 1. The molecule has 23 heavy (non-hydrogen) atoms. The molecule has 0 saturated heterocycles. The van der Waals surface area contributed by atoms with E-state index in [0.717, 1.165) is 0 Å². The van der Waals surface area contributed by atoms with Gasteiger partial charge in [0.25, 0.3) is 5.91 Å². The average Bonchev–Trinajstić information content (AvgIpc) is 3.20. The quantitative estimate of drug-likeness (QED) is 0.735. The summed E-state index contributed by atoms with van der Waals surface area (Å²) < 4.78 is 15.6. The Kier molecular flexibility index (Phi) is 4.55. The summed E-state index contributed by atoms with van der Waals surface area (Å²) >= 11 is 11.9. The maximum Gasteiger partial charge on any atom is 0.292 e. The monoisotopic (exact) mass is 352 g/mol. The number of furan rings is 1. The van der Waals surface area contributed by atoms with Crippen molar-refractivity contribution in [2.45, 2.75) is 6.61 Å². The van der Waals surface area contributed by atoms with Crippen LogP contribution < -0.4 is 10.1 Å². The highest BCUT2D eigenvalue weighted by Gasteiger charge is 2.13. The minimum atomic E-state index is -0.439. The van der Waals surface area contributed by atoms with Gasteiger partial charge in [-0.2, -0.15) is 0 Å². The van der Waals surface area contributed by atoms with Gasteiger partial charge in [0, 0.05) is 6.07 Å². The first-order chi connectivity index (χ1) is 11.1. The van der Waals surface area contributed by atoms with Gasteiger partial charge in [-0.1, -0.05) is 34.4 Å². The molecule has 0 radical (unpaired) electrons. The van der Waals surface area contributed by atoms with Crippen LogP contribution in [0.15, 0.2) is 51.6 Å². The van der Waals surface area contributed by atoms with Gasteiger partial charge in [-0.25, -0.2) is 0 Å². The van der Waals surface area contributed by atoms with Crippen LogP contribution in [-0.4, -0.2) is 11.1 Å². The summed E-state index contributed by atoms with van der Waals surface area (Å²) in [4.78, 5) is 11.9. The van der Waals surface area contributed by atoms with Gasteiger partial charge >= 0.3 is 0 Å². The molecule has 2 heterocycles. The average molecular weight is 353 g/mol. The van der Waals surface area contributed by atoms with E-state index in [1.807, 2.05) is 0 Å². The van der Waals surface area contributed by atoms with Gasteiger partial charge in [0.2, 0.25) is 0 Å². The van der Waals surface area contributed by atoms with E-state index in [9.17, 15) is 4.79 Å². The second kappa shape index (κ2) is 6.76. The first-order valence-corrected chi connectivity index (χ1v) is 7.26. The SMILES string of the molecule is O=C(Nc1ccon1)c1ccc(COc2cccc(Cl)c2Cl)o1. The molecule has 8 heteroatoms. The lowest BCUT2D eigenvalue weighted by molar-refractivity contribution is 0.0991. The number of rotatable bonds is 5. The van der Waals surface area contributed by atoms with Crippen LogP contribution >= 0.6 is 23.2 Å². The van der Waals surface area contributed by atoms with E-state index < -0.39 is 5.91 Å². The number of hydrogen-bond acceptors (Lipinski definition) is 5. The van der Waals surface area contributed by atoms with Gasteiger partial charge in [0.1, 0.15) is 29.4 Å². The first-order valence-electron chi connectivity index (χ1n) is 6.51. The zero-order valence-corrected chi connectivity index (χ0v) is 13.1. The summed E-state index contributed by atoms with van der Waals surface area (Å²) in [7, 11) is 0. The molecule has 0 saturated carbocycles. The van der Waals surface area contributed by atoms with Crippen molar-refractivity contribution in [2.75, 3.05) is 5.32 Å². The summed E-state index contributed by atoms with van der Waals surface area (Å²) in [5.74, 6) is 0.889. The molecule has 3 aromatic rings. The molecule has 0 aliphatic rings. The Morgan fingerprint density at radius 3 is 2.87 bits per heavy atom. The summed E-state index contributed by atoms with van der Waals surface area (Å²) in [5.41, 5.74) is 0. The number of hydrogen-bond donors (Lipinski definition) is 1. The lowest BCUT2D eigenvalue weighted by atomic mass is 10.3. The normalized spacial score (nSPS) is 10.5. The largest absolute Gasteiger partial charge is 0.484 e. The minimum absolute atomic E-state index is 0.108. The number of carbonyl (C=O) groups is 1. The molecule has 0 bridgehead atoms. The number of aromatic nitrogens is 1. The molecule has 2 aromatic heterocycles. The number of amides is 1. The van der Waals surface area contributed by atoms with E-state index in [1.165, 1.54) is 18.4 Å². The summed E-state index contributed by atoms with van der Waals surface area (Å²) in [6, 6.07) is 9.77. The van der Waals surface area contributed by atoms with Gasteiger partial charge in [0.05, 0.1) is 5.02 Å². The van der Waals surface area contributed by atoms with Crippen molar-refractivity contribution in [1.29, 1.82) is 0 Å². The molecule has 0 aliphatic carbocycles. The zero-order chi connectivity index (χ0) is 16.2. The smallest absolute Gasteiger partial charge is 0.292 e. The summed E-state index contributed by atoms with van der Waals surface area (Å²) in [5, 5.41) is 6.83. The number of nitrogens with one attached hydrogen (secondary N) is 1. The van der Waals surface area contributed by atoms with Crippen molar-refractivity contribution in [2.24, 2.45) is 0 Å². The summed E-state index contributed by atoms with van der Waals surface area (Å²) in [6.45, 7) is 0.108. The third kappa shape index (κ3) is 3.67. The number of nitrogens with zero attached hydrogens (tertiary/aromatic N) is 1. The molecule has 0 spiro atoms. The third-order valence-corrected chi connectivity index (χ3v) is 3.65. The van der Waals surface area contributed by atoms with E-state index in [-0.39, 0.29) is 12.4 Å². The second-order valence-corrected chi connectivity index (χ2v) is 5.23. The Morgan fingerprint density at radius 1 is 1.22 bits per heavy atom. The van der Waals surface area contributed by atoms with Crippen LogP contribution in [0.5, 0.6) is 5.75 Å². The lowest BCUT2D eigenvalue weighted by Crippen LogP contribution is -2.10. The fourth-order valence-electron chi connectivity index (χ4n) is 1.78. The maximum absolute atomic E-state index is 11.9. The molecule has 118 valence electrons. The van der Waals surface area contributed by atoms with Gasteiger partial charge in [-0.3, -0.25) is 4.79 Å². The van der Waals surface area contributed by atoms with Crippen LogP contribution in [0.2, 0.25) is 10.0 Å². The predicted molar refractivity (Wildman–Crippen MR) is 84.0 cm³/mol. The zero-order valence-electron chi connectivity index (χ0n) is 11.6. The molecule has 0 fully saturated rings. The molecule has 1 aromatic carbocycles. The number of anilines is 1. The number of benzene rings is 1. The fraction of sp³-hybridized carbons (Fsp3) is 0.0667. The fourth-order valence-corrected chi connectivity index (χ4v) is 2.12. The summed E-state index contributed by atoms with van der Waals surface area (Å²) in [6.07, 6.45) is 1.35. The van der Waals surface area contributed by atoms with E-state index in [1.54, 1.807) is 24.3 Å². The predicted octanol–water partition coefficient (Wildman–Crippen LogP) is 4.41. The Hall–Kier alpha value is -2.44. The van der Waals surface area contributed by atoms with Gasteiger partial charge in [-0.05, 0) is 24.3 Å². The van der Waals surface area contributed by atoms with E-state index >= 15 is 0 Å². The Morgan fingerprint density at radius 2 is 2.09 bits per heavy atom. The highest BCUT2D eigenvalue weighted by atomic mass is 35.5. The Labute approximate surface area is 140 Å². The van der Waals surface area contributed by atoms with Crippen LogP contribution in [0.25, 0.3) is 0 Å². The van der Waals surface area contributed by atoms with Crippen molar-refractivity contribution in [3.63, 3.8) is 0 Å². The first kappa shape index (κ1) is 15.5. The van der Waals surface area contributed by atoms with Gasteiger partial charge in [0.15, 0.2) is 11.6 Å². The molecule has 1 N–H and O–H groups in total. The standard InChI is InChI=1S/C15H10Cl2N2O4/c16-10-2-1-3-11(14(10)17)21-8-9-4-5-12(23-9)15(20)18-13-6-7-22-19-13/h1-7H,8H2,(H,18,19,20). The van der Waals surface area contributed by atoms with E-state index in [2.05, 4.69) is 15.0 Å². The van der Waals surface area contributed by atoms with Crippen molar-refractivity contribution in [1.82, 2.24) is 5.16 Å². The Bertz CT molecular complexity index is 815. The van der Waals surface area contributed by atoms with Crippen LogP contribution in [0, 0.1) is 0 Å². The molecule has 0 aliphatic heterocycles. The second-order valence-electron chi connectivity index (χ2n) is 4.45. The molecule has 3 rings (SSSR count). The van der Waals surface area contributed by atoms with Gasteiger partial charge < -0.3 is 19.0 Å². The van der Waals surface area contributed by atoms with Crippen LogP contribution in [0.4, 0.5) is 5.82 Å². The molecular formula is C15H10Cl2N2O4. The number of halogens is 2. The van der Waals surface area contributed by atoms with Crippen molar-refractivity contribution in [3.8, 4) is 5.75 Å². The molecular weight excluding hydrogens is 343 g/mol. The molecule has 1 amide bonds. The van der Waals surface area contributed by atoms with Crippen molar-refractivity contribution < 1.29 is 18.5 Å². The van der Waals surface area contributed by atoms with Crippen LogP contribution in [0.3, 0.4) is 0 Å². The Balaban J connectivity index is 1.63. The molecule has 0 unspecified atom stereocenters. The molecule has 6 nitrogen and oxygen atoms in total. The van der Waals surface area contributed by atoms with E-state index in [4.69, 9.17) is 32.4 Å². The van der Waals surface area contributed by atoms with Crippen molar-refractivity contribution >= 4 is 34.9 Å². The lowest BCUT2D eigenvalue weighted by Gasteiger charge is -2.07. The third-order valence-electron chi connectivity index (χ3n) is 2.85. The maximum atomic E-state index is 11.9. The topological polar surface area (TPSA) is 77.5 Å².